The Kier molecular flexibility index (Phi) is 2.19. The molecule has 2 rings (SSSR count). The van der Waals surface area contributed by atoms with Gasteiger partial charge in [0.05, 0.1) is 0 Å². The first-order valence-electron chi connectivity index (χ1n) is 4.65. The predicted octanol–water partition coefficient (Wildman–Crippen LogP) is 1.28. The maximum absolute atomic E-state index is 11.2. The highest BCUT2D eigenvalue weighted by atomic mass is 16.5. The smallest absolute Gasteiger partial charge is 0.377 e. The number of Topliss-reactive ketones (excluding diaryl/α,β-unsaturated/α-hetero) is 1. The standard InChI is InChI=1S/C11H10O4/c1-6-4-8-5-7(10(12)11(13)14)2-3-9(8)15-6/h2-3,5-6H,4H2,1H3,(H,13,14). The maximum atomic E-state index is 11.2. The van der Waals surface area contributed by atoms with Gasteiger partial charge in [0.25, 0.3) is 5.78 Å². The molecule has 0 radical (unpaired) electrons. The van der Waals surface area contributed by atoms with E-state index in [1.165, 1.54) is 6.07 Å². The van der Waals surface area contributed by atoms with Crippen LogP contribution in [-0.4, -0.2) is 23.0 Å². The third-order valence-electron chi connectivity index (χ3n) is 2.35. The van der Waals surface area contributed by atoms with E-state index in [-0.39, 0.29) is 11.7 Å². The van der Waals surface area contributed by atoms with Gasteiger partial charge in [0, 0.05) is 12.0 Å². The molecule has 0 amide bonds. The first-order valence-corrected chi connectivity index (χ1v) is 4.65. The quantitative estimate of drug-likeness (QED) is 0.584. The van der Waals surface area contributed by atoms with Crippen molar-refractivity contribution < 1.29 is 19.4 Å². The van der Waals surface area contributed by atoms with Crippen molar-refractivity contribution in [2.45, 2.75) is 19.4 Å². The number of carbonyl (C=O) groups excluding carboxylic acids is 1. The Hall–Kier alpha value is -1.84. The van der Waals surface area contributed by atoms with Crippen molar-refractivity contribution >= 4 is 11.8 Å². The lowest BCUT2D eigenvalue weighted by atomic mass is 10.0. The second-order valence-electron chi connectivity index (χ2n) is 3.59. The molecule has 0 bridgehead atoms. The number of aliphatic carboxylic acids is 1. The number of hydrogen-bond donors (Lipinski definition) is 1. The molecule has 0 fully saturated rings. The number of carboxylic acid groups (broad SMARTS) is 1. The minimum Gasteiger partial charge on any atom is -0.490 e. The third kappa shape index (κ3) is 1.70. The number of ether oxygens (including phenoxy) is 1. The van der Waals surface area contributed by atoms with Crippen LogP contribution in [0.25, 0.3) is 0 Å². The molecule has 4 heteroatoms. The number of benzene rings is 1. The van der Waals surface area contributed by atoms with Gasteiger partial charge in [0.15, 0.2) is 0 Å². The van der Waals surface area contributed by atoms with Crippen LogP contribution in [-0.2, 0) is 11.2 Å². The molecule has 1 unspecified atom stereocenters. The van der Waals surface area contributed by atoms with Gasteiger partial charge in [-0.2, -0.15) is 0 Å². The minimum atomic E-state index is -1.43. The molecule has 0 aromatic heterocycles. The SMILES string of the molecule is CC1Cc2cc(C(=O)C(=O)O)ccc2O1. The molecular weight excluding hydrogens is 196 g/mol. The van der Waals surface area contributed by atoms with Gasteiger partial charge in [-0.3, -0.25) is 4.79 Å². The van der Waals surface area contributed by atoms with Crippen LogP contribution in [0.4, 0.5) is 0 Å². The summed E-state index contributed by atoms with van der Waals surface area (Å²) >= 11 is 0. The summed E-state index contributed by atoms with van der Waals surface area (Å²) in [5.74, 6) is -1.57. The van der Waals surface area contributed by atoms with Gasteiger partial charge in [0.1, 0.15) is 11.9 Å². The van der Waals surface area contributed by atoms with Crippen LogP contribution < -0.4 is 4.74 Å². The maximum Gasteiger partial charge on any atom is 0.377 e. The van der Waals surface area contributed by atoms with Crippen LogP contribution in [0.15, 0.2) is 18.2 Å². The van der Waals surface area contributed by atoms with Crippen LogP contribution in [0, 0.1) is 0 Å². The highest BCUT2D eigenvalue weighted by Crippen LogP contribution is 2.29. The highest BCUT2D eigenvalue weighted by molar-refractivity contribution is 6.39. The van der Waals surface area contributed by atoms with Gasteiger partial charge in [0.2, 0.25) is 0 Å². The topological polar surface area (TPSA) is 63.6 Å². The van der Waals surface area contributed by atoms with Crippen molar-refractivity contribution in [3.63, 3.8) is 0 Å². The molecule has 1 aromatic carbocycles. The van der Waals surface area contributed by atoms with E-state index >= 15 is 0 Å². The Bertz CT molecular complexity index is 436. The first kappa shape index (κ1) is 9.71. The Labute approximate surface area is 86.5 Å². The van der Waals surface area contributed by atoms with Gasteiger partial charge >= 0.3 is 5.97 Å². The van der Waals surface area contributed by atoms with Crippen molar-refractivity contribution in [2.24, 2.45) is 0 Å². The van der Waals surface area contributed by atoms with Gasteiger partial charge in [-0.05, 0) is 30.7 Å². The zero-order valence-corrected chi connectivity index (χ0v) is 8.19. The number of fused-ring (bicyclic) bond motifs is 1. The fourth-order valence-corrected chi connectivity index (χ4v) is 1.69. The van der Waals surface area contributed by atoms with Crippen LogP contribution in [0.3, 0.4) is 0 Å². The minimum absolute atomic E-state index is 0.0928. The van der Waals surface area contributed by atoms with E-state index < -0.39 is 11.8 Å². The van der Waals surface area contributed by atoms with E-state index in [0.29, 0.717) is 0 Å². The lowest BCUT2D eigenvalue weighted by molar-refractivity contribution is -0.131. The molecule has 78 valence electrons. The van der Waals surface area contributed by atoms with E-state index in [0.717, 1.165) is 17.7 Å². The molecule has 1 aromatic rings. The Morgan fingerprint density at radius 1 is 1.47 bits per heavy atom. The average Bonchev–Trinajstić information content (AvgIpc) is 2.55. The number of ketones is 1. The van der Waals surface area contributed by atoms with Gasteiger partial charge < -0.3 is 9.84 Å². The molecule has 1 aliphatic rings. The molecule has 4 nitrogen and oxygen atoms in total. The van der Waals surface area contributed by atoms with Crippen LogP contribution in [0.5, 0.6) is 5.75 Å². The summed E-state index contributed by atoms with van der Waals surface area (Å²) < 4.78 is 5.44. The largest absolute Gasteiger partial charge is 0.490 e. The fraction of sp³-hybridized carbons (Fsp3) is 0.273. The Morgan fingerprint density at radius 3 is 2.87 bits per heavy atom. The Morgan fingerprint density at radius 2 is 2.20 bits per heavy atom. The van der Waals surface area contributed by atoms with Crippen molar-refractivity contribution in [1.82, 2.24) is 0 Å². The van der Waals surface area contributed by atoms with E-state index in [1.807, 2.05) is 6.92 Å². The number of carboxylic acids is 1. The molecule has 1 aliphatic heterocycles. The zero-order valence-electron chi connectivity index (χ0n) is 8.19. The van der Waals surface area contributed by atoms with Crippen LogP contribution in [0.2, 0.25) is 0 Å². The molecule has 1 atom stereocenters. The van der Waals surface area contributed by atoms with E-state index in [2.05, 4.69) is 0 Å². The molecule has 15 heavy (non-hydrogen) atoms. The first-order chi connectivity index (χ1) is 7.08. The summed E-state index contributed by atoms with van der Waals surface area (Å²) in [4.78, 5) is 21.7. The van der Waals surface area contributed by atoms with Crippen molar-refractivity contribution in [3.8, 4) is 5.75 Å². The molecular formula is C11H10O4. The van der Waals surface area contributed by atoms with Gasteiger partial charge in [-0.1, -0.05) is 0 Å². The summed E-state index contributed by atoms with van der Waals surface area (Å²) in [7, 11) is 0. The average molecular weight is 206 g/mol. The second-order valence-corrected chi connectivity index (χ2v) is 3.59. The summed E-state index contributed by atoms with van der Waals surface area (Å²) in [5, 5.41) is 8.56. The summed E-state index contributed by atoms with van der Waals surface area (Å²) in [6.45, 7) is 1.93. The second kappa shape index (κ2) is 3.38. The van der Waals surface area contributed by atoms with Gasteiger partial charge in [-0.25, -0.2) is 4.79 Å². The third-order valence-corrected chi connectivity index (χ3v) is 2.35. The molecule has 1 heterocycles. The molecule has 0 saturated heterocycles. The van der Waals surface area contributed by atoms with Gasteiger partial charge in [-0.15, -0.1) is 0 Å². The number of rotatable bonds is 2. The van der Waals surface area contributed by atoms with Crippen molar-refractivity contribution in [2.75, 3.05) is 0 Å². The lowest BCUT2D eigenvalue weighted by Crippen LogP contribution is -2.12. The number of carbonyl (C=O) groups is 2. The van der Waals surface area contributed by atoms with Crippen LogP contribution >= 0.6 is 0 Å². The monoisotopic (exact) mass is 206 g/mol. The summed E-state index contributed by atoms with van der Waals surface area (Å²) in [6.07, 6.45) is 0.811. The van der Waals surface area contributed by atoms with E-state index in [9.17, 15) is 9.59 Å². The normalized spacial score (nSPS) is 18.1. The predicted molar refractivity (Wildman–Crippen MR) is 52.2 cm³/mol. The highest BCUT2D eigenvalue weighted by Gasteiger charge is 2.22. The summed E-state index contributed by atoms with van der Waals surface area (Å²) in [6, 6.07) is 4.72. The van der Waals surface area contributed by atoms with Crippen molar-refractivity contribution in [3.05, 3.63) is 29.3 Å². The molecule has 1 N–H and O–H groups in total. The number of hydrogen-bond acceptors (Lipinski definition) is 3. The van der Waals surface area contributed by atoms with E-state index in [1.54, 1.807) is 12.1 Å². The zero-order chi connectivity index (χ0) is 11.0. The lowest BCUT2D eigenvalue weighted by Gasteiger charge is -2.02. The molecule has 0 saturated carbocycles. The summed E-state index contributed by atoms with van der Waals surface area (Å²) in [5.41, 5.74) is 1.11. The molecule has 0 spiro atoms. The fourth-order valence-electron chi connectivity index (χ4n) is 1.69. The van der Waals surface area contributed by atoms with E-state index in [4.69, 9.17) is 9.84 Å². The van der Waals surface area contributed by atoms with Crippen molar-refractivity contribution in [1.29, 1.82) is 0 Å². The Balaban J connectivity index is 2.35. The van der Waals surface area contributed by atoms with Crippen LogP contribution in [0.1, 0.15) is 22.8 Å². The molecule has 0 aliphatic carbocycles.